The molecule has 0 aliphatic carbocycles. The van der Waals surface area contributed by atoms with E-state index in [1.807, 2.05) is 0 Å². The number of nitrogens with zero attached hydrogens (tertiary/aromatic N) is 3. The van der Waals surface area contributed by atoms with E-state index in [-0.39, 0.29) is 22.6 Å². The van der Waals surface area contributed by atoms with E-state index in [0.29, 0.717) is 4.47 Å². The Morgan fingerprint density at radius 3 is 2.68 bits per heavy atom. The molecule has 5 nitrogen and oxygen atoms in total. The van der Waals surface area contributed by atoms with Crippen molar-refractivity contribution in [2.75, 3.05) is 0 Å². The summed E-state index contributed by atoms with van der Waals surface area (Å²) in [6.07, 6.45) is -2.05. The Labute approximate surface area is 129 Å². The zero-order chi connectivity index (χ0) is 15.9. The van der Waals surface area contributed by atoms with Gasteiger partial charge in [0.2, 0.25) is 0 Å². The number of H-pyrrole nitrogens is 1. The SMILES string of the molecule is O=c1[nH]c(-c2cc(C(F)(F)F)ccn2)nc2ncc(Br)cc12. The number of fused-ring (bicyclic) bond motifs is 1. The van der Waals surface area contributed by atoms with E-state index in [0.717, 1.165) is 18.3 Å². The molecule has 3 aromatic rings. The van der Waals surface area contributed by atoms with E-state index in [1.54, 1.807) is 0 Å². The molecule has 0 aromatic carbocycles. The van der Waals surface area contributed by atoms with Crippen LogP contribution in [-0.4, -0.2) is 19.9 Å². The third-order valence-corrected chi connectivity index (χ3v) is 3.29. The van der Waals surface area contributed by atoms with Crippen molar-refractivity contribution in [1.29, 1.82) is 0 Å². The molecule has 9 heteroatoms. The summed E-state index contributed by atoms with van der Waals surface area (Å²) in [5.41, 5.74) is -1.34. The molecule has 0 saturated carbocycles. The highest BCUT2D eigenvalue weighted by atomic mass is 79.9. The Morgan fingerprint density at radius 2 is 1.95 bits per heavy atom. The van der Waals surface area contributed by atoms with Gasteiger partial charge in [0, 0.05) is 16.9 Å². The van der Waals surface area contributed by atoms with Crippen LogP contribution in [-0.2, 0) is 6.18 Å². The van der Waals surface area contributed by atoms with Gasteiger partial charge in [-0.15, -0.1) is 0 Å². The monoisotopic (exact) mass is 370 g/mol. The molecule has 112 valence electrons. The van der Waals surface area contributed by atoms with E-state index >= 15 is 0 Å². The Balaban J connectivity index is 2.19. The maximum atomic E-state index is 12.7. The van der Waals surface area contributed by atoms with Crippen LogP contribution >= 0.6 is 15.9 Å². The quantitative estimate of drug-likeness (QED) is 0.714. The Bertz CT molecular complexity index is 923. The minimum Gasteiger partial charge on any atom is -0.305 e. The van der Waals surface area contributed by atoms with Crippen molar-refractivity contribution in [3.05, 3.63) is 51.0 Å². The average molecular weight is 371 g/mol. The molecule has 0 bridgehead atoms. The number of pyridine rings is 2. The lowest BCUT2D eigenvalue weighted by Gasteiger charge is -2.08. The van der Waals surface area contributed by atoms with Crippen LogP contribution in [0.25, 0.3) is 22.6 Å². The molecule has 0 radical (unpaired) electrons. The van der Waals surface area contributed by atoms with Gasteiger partial charge in [-0.05, 0) is 34.1 Å². The number of aromatic amines is 1. The van der Waals surface area contributed by atoms with E-state index in [4.69, 9.17) is 0 Å². The fourth-order valence-corrected chi connectivity index (χ4v) is 2.19. The Kier molecular flexibility index (Phi) is 3.44. The van der Waals surface area contributed by atoms with Crippen LogP contribution < -0.4 is 5.56 Å². The molecule has 0 aliphatic rings. The number of rotatable bonds is 1. The molecule has 0 atom stereocenters. The molecule has 0 saturated heterocycles. The van der Waals surface area contributed by atoms with Crippen molar-refractivity contribution >= 4 is 27.0 Å². The number of aromatic nitrogens is 4. The summed E-state index contributed by atoms with van der Waals surface area (Å²) in [7, 11) is 0. The number of hydrogen-bond acceptors (Lipinski definition) is 4. The van der Waals surface area contributed by atoms with Crippen molar-refractivity contribution in [1.82, 2.24) is 19.9 Å². The second-order valence-corrected chi connectivity index (χ2v) is 5.28. The summed E-state index contributed by atoms with van der Waals surface area (Å²) in [6.45, 7) is 0. The van der Waals surface area contributed by atoms with Crippen LogP contribution in [0, 0.1) is 0 Å². The normalized spacial score (nSPS) is 11.8. The fourth-order valence-electron chi connectivity index (χ4n) is 1.85. The third-order valence-electron chi connectivity index (χ3n) is 2.86. The summed E-state index contributed by atoms with van der Waals surface area (Å²) in [6, 6.07) is 3.19. The fraction of sp³-hybridized carbons (Fsp3) is 0.0769. The topological polar surface area (TPSA) is 71.5 Å². The van der Waals surface area contributed by atoms with Crippen LogP contribution in [0.1, 0.15) is 5.56 Å². The lowest BCUT2D eigenvalue weighted by molar-refractivity contribution is -0.137. The number of halogens is 4. The van der Waals surface area contributed by atoms with Gasteiger partial charge in [-0.25, -0.2) is 9.97 Å². The van der Waals surface area contributed by atoms with Gasteiger partial charge < -0.3 is 4.98 Å². The first kappa shape index (κ1) is 14.6. The molecular formula is C13H6BrF3N4O. The molecule has 22 heavy (non-hydrogen) atoms. The lowest BCUT2D eigenvalue weighted by atomic mass is 10.2. The maximum absolute atomic E-state index is 12.7. The van der Waals surface area contributed by atoms with Gasteiger partial charge in [-0.3, -0.25) is 9.78 Å². The molecule has 3 rings (SSSR count). The zero-order valence-electron chi connectivity index (χ0n) is 10.6. The second kappa shape index (κ2) is 5.16. The molecule has 1 N–H and O–H groups in total. The highest BCUT2D eigenvalue weighted by molar-refractivity contribution is 9.10. The molecular weight excluding hydrogens is 365 g/mol. The van der Waals surface area contributed by atoms with Crippen molar-refractivity contribution in [2.24, 2.45) is 0 Å². The minimum atomic E-state index is -4.50. The molecule has 0 fully saturated rings. The van der Waals surface area contributed by atoms with E-state index in [2.05, 4.69) is 35.9 Å². The first-order chi connectivity index (χ1) is 10.3. The molecule has 0 unspecified atom stereocenters. The van der Waals surface area contributed by atoms with Crippen molar-refractivity contribution < 1.29 is 13.2 Å². The largest absolute Gasteiger partial charge is 0.416 e. The standard InChI is InChI=1S/C13H6BrF3N4O/c14-7-4-8-10(19-5-7)20-11(21-12(8)22)9-3-6(1-2-18-9)13(15,16)17/h1-5H,(H,19,20,21,22). The van der Waals surface area contributed by atoms with Crippen molar-refractivity contribution in [3.8, 4) is 11.5 Å². The molecule has 0 spiro atoms. The van der Waals surface area contributed by atoms with Crippen LogP contribution in [0.5, 0.6) is 0 Å². The second-order valence-electron chi connectivity index (χ2n) is 4.37. The van der Waals surface area contributed by atoms with E-state index < -0.39 is 17.3 Å². The summed E-state index contributed by atoms with van der Waals surface area (Å²) >= 11 is 3.18. The molecule has 0 amide bonds. The van der Waals surface area contributed by atoms with Crippen molar-refractivity contribution in [3.63, 3.8) is 0 Å². The first-order valence-electron chi connectivity index (χ1n) is 5.94. The minimum absolute atomic E-state index is 0.0709. The Morgan fingerprint density at radius 1 is 1.18 bits per heavy atom. The van der Waals surface area contributed by atoms with Crippen LogP contribution in [0.15, 0.2) is 39.9 Å². The maximum Gasteiger partial charge on any atom is 0.416 e. The van der Waals surface area contributed by atoms with Gasteiger partial charge in [-0.1, -0.05) is 0 Å². The zero-order valence-corrected chi connectivity index (χ0v) is 12.2. The van der Waals surface area contributed by atoms with Crippen LogP contribution in [0.3, 0.4) is 0 Å². The number of alkyl halides is 3. The van der Waals surface area contributed by atoms with Gasteiger partial charge >= 0.3 is 6.18 Å². The van der Waals surface area contributed by atoms with Gasteiger partial charge in [0.15, 0.2) is 11.5 Å². The third kappa shape index (κ3) is 2.71. The molecule has 3 aromatic heterocycles. The average Bonchev–Trinajstić information content (AvgIpc) is 2.47. The van der Waals surface area contributed by atoms with Crippen LogP contribution in [0.2, 0.25) is 0 Å². The summed E-state index contributed by atoms with van der Waals surface area (Å²) in [4.78, 5) is 26.3. The van der Waals surface area contributed by atoms with Gasteiger partial charge in [-0.2, -0.15) is 13.2 Å². The van der Waals surface area contributed by atoms with Crippen LogP contribution in [0.4, 0.5) is 13.2 Å². The van der Waals surface area contributed by atoms with Crippen molar-refractivity contribution in [2.45, 2.75) is 6.18 Å². The molecule has 3 heterocycles. The highest BCUT2D eigenvalue weighted by Crippen LogP contribution is 2.30. The van der Waals surface area contributed by atoms with Gasteiger partial charge in [0.1, 0.15) is 5.69 Å². The van der Waals surface area contributed by atoms with Gasteiger partial charge in [0.25, 0.3) is 5.56 Å². The van der Waals surface area contributed by atoms with E-state index in [9.17, 15) is 18.0 Å². The number of hydrogen-bond donors (Lipinski definition) is 1. The predicted molar refractivity (Wildman–Crippen MR) is 76.1 cm³/mol. The predicted octanol–water partition coefficient (Wildman–Crippen LogP) is 3.16. The molecule has 0 aliphatic heterocycles. The number of nitrogens with one attached hydrogen (secondary N) is 1. The smallest absolute Gasteiger partial charge is 0.305 e. The highest BCUT2D eigenvalue weighted by Gasteiger charge is 2.31. The summed E-state index contributed by atoms with van der Waals surface area (Å²) < 4.78 is 38.8. The van der Waals surface area contributed by atoms with Gasteiger partial charge in [0.05, 0.1) is 10.9 Å². The summed E-state index contributed by atoms with van der Waals surface area (Å²) in [5.74, 6) is -0.0709. The van der Waals surface area contributed by atoms with E-state index in [1.165, 1.54) is 12.3 Å². The summed E-state index contributed by atoms with van der Waals surface area (Å²) in [5, 5.41) is 0.227. The lowest BCUT2D eigenvalue weighted by Crippen LogP contribution is -2.12. The first-order valence-corrected chi connectivity index (χ1v) is 6.73. The Hall–Kier alpha value is -2.29.